The molecule has 2 aromatic heterocycles. The van der Waals surface area contributed by atoms with E-state index in [1.807, 2.05) is 75.1 Å². The number of piperidine rings is 3. The highest BCUT2D eigenvalue weighted by atomic mass is 16.5. The number of fused-ring (bicyclic) bond motifs is 2. The van der Waals surface area contributed by atoms with Crippen LogP contribution in [0, 0.1) is 0 Å². The van der Waals surface area contributed by atoms with Crippen molar-refractivity contribution in [2.45, 2.75) is 69.5 Å². The van der Waals surface area contributed by atoms with Crippen LogP contribution in [0.2, 0.25) is 0 Å². The smallest absolute Gasteiger partial charge is 0.320 e. The third-order valence-corrected chi connectivity index (χ3v) is 13.9. The Morgan fingerprint density at radius 3 is 2.20 bits per heavy atom. The molecule has 3 N–H and O–H groups in total. The number of nitrogens with one attached hydrogen (secondary N) is 1. The SMILES string of the molecule is Nc1ncnc2c1c(-c1ccc(Oc3ccccc3)cc1)nn2C1CCN(C(=O)N2CCN(CCCN3CCC(c4ccc5c(c4)CN(C4CCC(=O)NC4=O)C5=O)CC3)CC2)CC1. The van der Waals surface area contributed by atoms with Gasteiger partial charge in [-0.25, -0.2) is 19.4 Å². The molecule has 4 saturated heterocycles. The van der Waals surface area contributed by atoms with Gasteiger partial charge in [-0.05, 0) is 124 Å². The number of likely N-dealkylation sites (tertiary alicyclic amines) is 2. The summed E-state index contributed by atoms with van der Waals surface area (Å²) < 4.78 is 7.99. The maximum absolute atomic E-state index is 13.7. The number of ether oxygens (including phenoxy) is 1. The van der Waals surface area contributed by atoms with Crippen LogP contribution in [-0.4, -0.2) is 139 Å². The number of urea groups is 1. The first-order valence-electron chi connectivity index (χ1n) is 22.8. The van der Waals surface area contributed by atoms with Gasteiger partial charge in [0.15, 0.2) is 5.65 Å². The zero-order valence-electron chi connectivity index (χ0n) is 36.1. The molecule has 5 aliphatic heterocycles. The minimum absolute atomic E-state index is 0.0730. The first kappa shape index (κ1) is 41.6. The molecular formula is C48H55N11O5. The van der Waals surface area contributed by atoms with E-state index >= 15 is 0 Å². The molecule has 5 aliphatic rings. The van der Waals surface area contributed by atoms with Crippen LogP contribution in [0.5, 0.6) is 11.5 Å². The number of amides is 5. The van der Waals surface area contributed by atoms with Gasteiger partial charge in [-0.15, -0.1) is 0 Å². The normalized spacial score (nSPS) is 20.5. The van der Waals surface area contributed by atoms with E-state index in [4.69, 9.17) is 15.6 Å². The molecule has 16 heteroatoms. The second-order valence-corrected chi connectivity index (χ2v) is 17.8. The monoisotopic (exact) mass is 865 g/mol. The fraction of sp³-hybridized carbons (Fsp3) is 0.438. The van der Waals surface area contributed by atoms with Crippen molar-refractivity contribution in [2.24, 2.45) is 0 Å². The van der Waals surface area contributed by atoms with Gasteiger partial charge in [0.2, 0.25) is 11.8 Å². The molecule has 3 aromatic carbocycles. The molecule has 16 nitrogen and oxygen atoms in total. The fourth-order valence-corrected chi connectivity index (χ4v) is 10.3. The minimum atomic E-state index is -0.590. The van der Waals surface area contributed by atoms with Crippen molar-refractivity contribution >= 4 is 40.6 Å². The highest BCUT2D eigenvalue weighted by Gasteiger charge is 2.39. The number of nitrogen functional groups attached to an aromatic ring is 1. The minimum Gasteiger partial charge on any atom is -0.457 e. The van der Waals surface area contributed by atoms with Crippen molar-refractivity contribution < 1.29 is 23.9 Å². The van der Waals surface area contributed by atoms with Crippen LogP contribution in [0.1, 0.15) is 78.4 Å². The van der Waals surface area contributed by atoms with Crippen LogP contribution in [0.3, 0.4) is 0 Å². The third kappa shape index (κ3) is 8.51. The van der Waals surface area contributed by atoms with Gasteiger partial charge in [-0.3, -0.25) is 24.6 Å². The number of anilines is 1. The summed E-state index contributed by atoms with van der Waals surface area (Å²) in [5, 5.41) is 8.19. The molecule has 5 amide bonds. The van der Waals surface area contributed by atoms with E-state index in [0.717, 1.165) is 118 Å². The van der Waals surface area contributed by atoms with Crippen LogP contribution in [-0.2, 0) is 16.1 Å². The summed E-state index contributed by atoms with van der Waals surface area (Å²) in [5.74, 6) is 1.56. The number of nitrogens with zero attached hydrogens (tertiary/aromatic N) is 9. The number of carbonyl (C=O) groups is 4. The lowest BCUT2D eigenvalue weighted by atomic mass is 9.88. The molecule has 0 spiro atoms. The third-order valence-electron chi connectivity index (χ3n) is 13.9. The average Bonchev–Trinajstić information content (AvgIpc) is 3.88. The Balaban J connectivity index is 0.659. The van der Waals surface area contributed by atoms with Crippen molar-refractivity contribution in [3.63, 3.8) is 0 Å². The zero-order chi connectivity index (χ0) is 43.7. The van der Waals surface area contributed by atoms with Gasteiger partial charge in [-0.2, -0.15) is 5.10 Å². The molecular weight excluding hydrogens is 811 g/mol. The molecule has 1 unspecified atom stereocenters. The van der Waals surface area contributed by atoms with Crippen molar-refractivity contribution in [3.8, 4) is 22.8 Å². The van der Waals surface area contributed by atoms with Gasteiger partial charge in [0.05, 0.1) is 11.4 Å². The van der Waals surface area contributed by atoms with E-state index in [0.29, 0.717) is 49.0 Å². The summed E-state index contributed by atoms with van der Waals surface area (Å²) in [7, 11) is 0. The highest BCUT2D eigenvalue weighted by molar-refractivity contribution is 6.05. The number of aromatic nitrogens is 4. The van der Waals surface area contributed by atoms with Crippen LogP contribution >= 0.6 is 0 Å². The number of piperazine rings is 1. The van der Waals surface area contributed by atoms with Crippen LogP contribution in [0.15, 0.2) is 79.1 Å². The van der Waals surface area contributed by atoms with Gasteiger partial charge in [0.1, 0.15) is 35.4 Å². The van der Waals surface area contributed by atoms with Gasteiger partial charge in [0, 0.05) is 63.4 Å². The number of hydrogen-bond donors (Lipinski definition) is 2. The maximum Gasteiger partial charge on any atom is 0.320 e. The number of para-hydroxylation sites is 1. The van der Waals surface area contributed by atoms with E-state index in [-0.39, 0.29) is 36.2 Å². The molecule has 4 fully saturated rings. The van der Waals surface area contributed by atoms with Gasteiger partial charge < -0.3 is 30.1 Å². The Kier molecular flexibility index (Phi) is 11.7. The Labute approximate surface area is 372 Å². The lowest BCUT2D eigenvalue weighted by Gasteiger charge is -2.40. The van der Waals surface area contributed by atoms with E-state index < -0.39 is 6.04 Å². The largest absolute Gasteiger partial charge is 0.457 e. The zero-order valence-corrected chi connectivity index (χ0v) is 36.1. The predicted octanol–water partition coefficient (Wildman–Crippen LogP) is 5.27. The summed E-state index contributed by atoms with van der Waals surface area (Å²) in [6.45, 7) is 9.12. The number of nitrogens with two attached hydrogens (primary N) is 1. The standard InChI is InChI=1S/C48H55N11O5/c49-44-42-43(33-7-10-38(11-8-33)64-37-5-2-1-3-6-37)53-59(45(42)51-31-50-44)36-17-23-56(24-18-36)48(63)57-27-25-55(26-28-57)20-4-19-54-21-15-32(16-22-54)34-9-12-39-35(29-34)30-58(47(39)62)40-13-14-41(60)52-46(40)61/h1-3,5-12,29,31-32,36,40H,4,13-28,30H2,(H2,49,50,51)(H,52,60,61). The van der Waals surface area contributed by atoms with E-state index in [2.05, 4.69) is 37.2 Å². The molecule has 332 valence electrons. The fourth-order valence-electron chi connectivity index (χ4n) is 10.3. The Bertz CT molecular complexity index is 2520. The highest BCUT2D eigenvalue weighted by Crippen LogP contribution is 2.37. The summed E-state index contributed by atoms with van der Waals surface area (Å²) in [6, 6.07) is 23.3. The summed E-state index contributed by atoms with van der Waals surface area (Å²) in [6.07, 6.45) is 6.90. The summed E-state index contributed by atoms with van der Waals surface area (Å²) in [4.78, 5) is 70.6. The Morgan fingerprint density at radius 2 is 1.47 bits per heavy atom. The van der Waals surface area contributed by atoms with Gasteiger partial charge >= 0.3 is 6.03 Å². The molecule has 5 aromatic rings. The number of rotatable bonds is 10. The first-order valence-corrected chi connectivity index (χ1v) is 22.8. The number of benzene rings is 3. The maximum atomic E-state index is 13.7. The van der Waals surface area contributed by atoms with E-state index in [1.165, 1.54) is 11.9 Å². The van der Waals surface area contributed by atoms with Crippen LogP contribution < -0.4 is 15.8 Å². The molecule has 64 heavy (non-hydrogen) atoms. The molecule has 0 aliphatic carbocycles. The van der Waals surface area contributed by atoms with Crippen LogP contribution in [0.25, 0.3) is 22.3 Å². The van der Waals surface area contributed by atoms with Crippen molar-refractivity contribution in [1.82, 2.24) is 49.6 Å². The van der Waals surface area contributed by atoms with Gasteiger partial charge in [-0.1, -0.05) is 30.3 Å². The van der Waals surface area contributed by atoms with E-state index in [1.54, 1.807) is 4.90 Å². The van der Waals surface area contributed by atoms with Crippen molar-refractivity contribution in [2.75, 3.05) is 71.2 Å². The summed E-state index contributed by atoms with van der Waals surface area (Å²) >= 11 is 0. The van der Waals surface area contributed by atoms with Crippen LogP contribution in [0.4, 0.5) is 10.6 Å². The molecule has 0 bridgehead atoms. The number of imide groups is 1. The van der Waals surface area contributed by atoms with E-state index in [9.17, 15) is 19.2 Å². The predicted molar refractivity (Wildman–Crippen MR) is 240 cm³/mol. The van der Waals surface area contributed by atoms with Crippen molar-refractivity contribution in [1.29, 1.82) is 0 Å². The molecule has 0 radical (unpaired) electrons. The lowest BCUT2D eigenvalue weighted by molar-refractivity contribution is -0.136. The molecule has 10 rings (SSSR count). The molecule has 7 heterocycles. The Hall–Kier alpha value is -6.39. The first-order chi connectivity index (χ1) is 31.3. The molecule has 1 atom stereocenters. The molecule has 0 saturated carbocycles. The number of hydrogen-bond acceptors (Lipinski definition) is 11. The second-order valence-electron chi connectivity index (χ2n) is 17.8. The second kappa shape index (κ2) is 18.0. The van der Waals surface area contributed by atoms with Gasteiger partial charge in [0.25, 0.3) is 5.91 Å². The van der Waals surface area contributed by atoms with Crippen molar-refractivity contribution in [3.05, 3.63) is 95.8 Å². The quantitative estimate of drug-likeness (QED) is 0.175. The topological polar surface area (TPSA) is 175 Å². The lowest BCUT2D eigenvalue weighted by Crippen LogP contribution is -2.54. The summed E-state index contributed by atoms with van der Waals surface area (Å²) in [5.41, 5.74) is 11.7. The Morgan fingerprint density at radius 1 is 0.766 bits per heavy atom. The average molecular weight is 866 g/mol. The number of carbonyl (C=O) groups excluding carboxylic acids is 4.